The van der Waals surface area contributed by atoms with E-state index in [4.69, 9.17) is 9.72 Å². The minimum Gasteiger partial charge on any atom is -0.378 e. The summed E-state index contributed by atoms with van der Waals surface area (Å²) in [5.74, 6) is -0.0123. The number of aromatic amines is 1. The lowest BCUT2D eigenvalue weighted by Gasteiger charge is -2.26. The monoisotopic (exact) mass is 609 g/mol. The van der Waals surface area contributed by atoms with Crippen LogP contribution in [0.1, 0.15) is 10.4 Å². The number of carbonyl (C=O) groups excluding carboxylic acids is 1. The summed E-state index contributed by atoms with van der Waals surface area (Å²) in [7, 11) is -2.14. The summed E-state index contributed by atoms with van der Waals surface area (Å²) in [6.07, 6.45) is 5.36. The fraction of sp³-hybridized carbons (Fsp3) is 0.156. The van der Waals surface area contributed by atoms with Crippen LogP contribution in [0, 0.1) is 0 Å². The number of benzene rings is 2. The van der Waals surface area contributed by atoms with Gasteiger partial charge >= 0.3 is 0 Å². The first kappa shape index (κ1) is 27.3. The number of hydrogen-bond donors (Lipinski definition) is 1. The topological polar surface area (TPSA) is 108 Å². The van der Waals surface area contributed by atoms with Gasteiger partial charge in [-0.1, -0.05) is 24.3 Å². The molecule has 216 valence electrons. The molecular formula is C32H27N5O4S2. The molecule has 1 aliphatic rings. The highest BCUT2D eigenvalue weighted by molar-refractivity contribution is 7.94. The number of H-pyrrole nitrogens is 1. The molecule has 0 saturated carbocycles. The van der Waals surface area contributed by atoms with Crippen LogP contribution in [0.2, 0.25) is 0 Å². The van der Waals surface area contributed by atoms with Crippen molar-refractivity contribution < 1.29 is 17.9 Å². The zero-order valence-corrected chi connectivity index (χ0v) is 24.9. The van der Waals surface area contributed by atoms with Gasteiger partial charge in [-0.25, -0.2) is 13.4 Å². The Labute approximate surface area is 252 Å². The Bertz CT molecular complexity index is 2050. The largest absolute Gasteiger partial charge is 0.378 e. The number of nitrogens with one attached hydrogen (secondary N) is 1. The van der Waals surface area contributed by atoms with Crippen LogP contribution >= 0.6 is 11.3 Å². The van der Waals surface area contributed by atoms with Gasteiger partial charge in [0, 0.05) is 77.3 Å². The van der Waals surface area contributed by atoms with Gasteiger partial charge in [-0.05, 0) is 53.4 Å². The lowest BCUT2D eigenvalue weighted by Crippen LogP contribution is -2.40. The average Bonchev–Trinajstić information content (AvgIpc) is 3.74. The molecule has 0 bridgehead atoms. The smallest absolute Gasteiger partial charge is 0.273 e. The van der Waals surface area contributed by atoms with E-state index in [0.717, 1.165) is 38.5 Å². The fourth-order valence-electron chi connectivity index (χ4n) is 5.49. The third-order valence-electron chi connectivity index (χ3n) is 7.77. The number of amides is 1. The van der Waals surface area contributed by atoms with E-state index in [0.29, 0.717) is 43.2 Å². The number of pyridine rings is 2. The van der Waals surface area contributed by atoms with Gasteiger partial charge in [0.2, 0.25) is 0 Å². The Morgan fingerprint density at radius 3 is 2.53 bits per heavy atom. The molecule has 0 unspecified atom stereocenters. The first-order chi connectivity index (χ1) is 20.9. The van der Waals surface area contributed by atoms with Gasteiger partial charge in [-0.2, -0.15) is 0 Å². The van der Waals surface area contributed by atoms with Crippen molar-refractivity contribution in [2.45, 2.75) is 4.21 Å². The van der Waals surface area contributed by atoms with E-state index in [1.165, 1.54) is 15.6 Å². The van der Waals surface area contributed by atoms with Crippen LogP contribution in [0.4, 0.5) is 5.69 Å². The van der Waals surface area contributed by atoms with Crippen LogP contribution in [0.5, 0.6) is 0 Å². The quantitative estimate of drug-likeness (QED) is 0.256. The van der Waals surface area contributed by atoms with E-state index in [2.05, 4.69) is 9.97 Å². The molecule has 11 heteroatoms. The molecule has 1 N–H and O–H groups in total. The molecule has 2 aromatic carbocycles. The van der Waals surface area contributed by atoms with Crippen LogP contribution in [-0.4, -0.2) is 67.5 Å². The molecule has 1 amide bonds. The molecule has 7 rings (SSSR count). The minimum atomic E-state index is -3.71. The first-order valence-electron chi connectivity index (χ1n) is 13.8. The van der Waals surface area contributed by atoms with Gasteiger partial charge in [-0.3, -0.25) is 14.1 Å². The number of sulfonamides is 1. The van der Waals surface area contributed by atoms with Crippen molar-refractivity contribution in [3.63, 3.8) is 0 Å². The zero-order chi connectivity index (χ0) is 29.6. The number of nitrogens with zero attached hydrogens (tertiary/aromatic N) is 4. The van der Waals surface area contributed by atoms with Crippen LogP contribution in [0.25, 0.3) is 44.2 Å². The molecule has 9 nitrogen and oxygen atoms in total. The Kier molecular flexibility index (Phi) is 6.92. The highest BCUT2D eigenvalue weighted by atomic mass is 32.2. The summed E-state index contributed by atoms with van der Waals surface area (Å²) in [5.41, 5.74) is 6.25. The first-order valence-corrected chi connectivity index (χ1v) is 16.1. The fourth-order valence-corrected chi connectivity index (χ4v) is 7.84. The summed E-state index contributed by atoms with van der Waals surface area (Å²) in [6.45, 7) is 2.26. The predicted octanol–water partition coefficient (Wildman–Crippen LogP) is 5.80. The number of fused-ring (bicyclic) bond motifs is 3. The van der Waals surface area contributed by atoms with Crippen LogP contribution < -0.4 is 4.31 Å². The van der Waals surface area contributed by atoms with E-state index in [-0.39, 0.29) is 10.1 Å². The SMILES string of the molecule is CN(c1ccc2[nH]c3ncc(-c4ccc(C(=O)N5CCOCC5)cc4)c(-c4cccnc4)c3c2c1)S(=O)(=O)c1cccs1. The van der Waals surface area contributed by atoms with Gasteiger partial charge in [0.05, 0.1) is 18.9 Å². The van der Waals surface area contributed by atoms with Gasteiger partial charge < -0.3 is 14.6 Å². The van der Waals surface area contributed by atoms with Crippen molar-refractivity contribution in [1.82, 2.24) is 19.9 Å². The second-order valence-corrected chi connectivity index (χ2v) is 13.4. The molecule has 43 heavy (non-hydrogen) atoms. The van der Waals surface area contributed by atoms with Crippen molar-refractivity contribution in [1.29, 1.82) is 0 Å². The van der Waals surface area contributed by atoms with Gasteiger partial charge in [0.1, 0.15) is 9.86 Å². The minimum absolute atomic E-state index is 0.0123. The third-order valence-corrected chi connectivity index (χ3v) is 10.9. The van der Waals surface area contributed by atoms with Gasteiger partial charge in [0.15, 0.2) is 0 Å². The molecule has 0 spiro atoms. The molecule has 5 heterocycles. The number of carbonyl (C=O) groups is 1. The maximum absolute atomic E-state index is 13.3. The maximum Gasteiger partial charge on any atom is 0.273 e. The Morgan fingerprint density at radius 2 is 1.81 bits per heavy atom. The van der Waals surface area contributed by atoms with E-state index >= 15 is 0 Å². The van der Waals surface area contributed by atoms with E-state index in [1.54, 1.807) is 36.8 Å². The third kappa shape index (κ3) is 4.85. The maximum atomic E-state index is 13.3. The summed E-state index contributed by atoms with van der Waals surface area (Å²) in [4.78, 5) is 27.4. The van der Waals surface area contributed by atoms with Crippen LogP contribution in [-0.2, 0) is 14.8 Å². The Hall–Kier alpha value is -4.58. The number of ether oxygens (including phenoxy) is 1. The summed E-state index contributed by atoms with van der Waals surface area (Å²) in [5, 5.41) is 3.45. The molecule has 0 radical (unpaired) electrons. The normalized spacial score (nSPS) is 13.9. The van der Waals surface area contributed by atoms with Gasteiger partial charge in [-0.15, -0.1) is 11.3 Å². The second-order valence-electron chi connectivity index (χ2n) is 10.3. The summed E-state index contributed by atoms with van der Waals surface area (Å²) < 4.78 is 33.6. The highest BCUT2D eigenvalue weighted by Gasteiger charge is 2.24. The summed E-state index contributed by atoms with van der Waals surface area (Å²) >= 11 is 1.19. The number of aromatic nitrogens is 3. The molecule has 6 aromatic rings. The molecule has 4 aromatic heterocycles. The Balaban J connectivity index is 1.37. The van der Waals surface area contributed by atoms with Gasteiger partial charge in [0.25, 0.3) is 15.9 Å². The van der Waals surface area contributed by atoms with Crippen molar-refractivity contribution in [2.75, 3.05) is 37.7 Å². The number of anilines is 1. The van der Waals surface area contributed by atoms with Crippen molar-refractivity contribution in [3.05, 3.63) is 96.3 Å². The molecule has 0 aliphatic carbocycles. The lowest BCUT2D eigenvalue weighted by molar-refractivity contribution is 0.0303. The standard InChI is InChI=1S/C32H27N5O4S2/c1-36(43(39,40)28-5-3-17-42-28)24-10-11-27-25(18-24)30-29(23-4-2-12-33-19-23)26(20-34-31(30)35-27)21-6-8-22(9-7-21)32(38)37-13-15-41-16-14-37/h2-12,17-20H,13-16H2,1H3,(H,34,35). The molecule has 1 saturated heterocycles. The summed E-state index contributed by atoms with van der Waals surface area (Å²) in [6, 6.07) is 20.4. The lowest BCUT2D eigenvalue weighted by atomic mass is 9.93. The predicted molar refractivity (Wildman–Crippen MR) is 169 cm³/mol. The van der Waals surface area contributed by atoms with Crippen molar-refractivity contribution in [2.24, 2.45) is 0 Å². The van der Waals surface area contributed by atoms with E-state index < -0.39 is 10.0 Å². The molecule has 0 atom stereocenters. The second kappa shape index (κ2) is 10.9. The average molecular weight is 610 g/mol. The number of rotatable bonds is 6. The van der Waals surface area contributed by atoms with Crippen LogP contribution in [0.3, 0.4) is 0 Å². The zero-order valence-electron chi connectivity index (χ0n) is 23.2. The van der Waals surface area contributed by atoms with E-state index in [9.17, 15) is 13.2 Å². The van der Waals surface area contributed by atoms with Crippen LogP contribution in [0.15, 0.2) is 94.9 Å². The number of thiophene rings is 1. The Morgan fingerprint density at radius 1 is 1.00 bits per heavy atom. The number of morpholine rings is 1. The van der Waals surface area contributed by atoms with E-state index in [1.807, 2.05) is 65.8 Å². The van der Waals surface area contributed by atoms with Crippen molar-refractivity contribution >= 4 is 54.9 Å². The molecular weight excluding hydrogens is 583 g/mol. The molecule has 1 fully saturated rings. The molecule has 1 aliphatic heterocycles. The van der Waals surface area contributed by atoms with Crippen molar-refractivity contribution in [3.8, 4) is 22.3 Å². The highest BCUT2D eigenvalue weighted by Crippen LogP contribution is 2.41. The number of hydrogen-bond acceptors (Lipinski definition) is 7.